The van der Waals surface area contributed by atoms with E-state index in [1.54, 1.807) is 0 Å². The van der Waals surface area contributed by atoms with Crippen molar-refractivity contribution in [3.63, 3.8) is 0 Å². The molecule has 0 aromatic heterocycles. The van der Waals surface area contributed by atoms with Gasteiger partial charge in [-0.3, -0.25) is 0 Å². The second-order valence-corrected chi connectivity index (χ2v) is 5.09. The second kappa shape index (κ2) is 6.49. The normalized spacial score (nSPS) is 29.4. The molecule has 1 rings (SSSR count). The molecule has 0 aliphatic heterocycles. The summed E-state index contributed by atoms with van der Waals surface area (Å²) >= 11 is 0. The molecule has 0 aromatic carbocycles. The first-order chi connectivity index (χ1) is 7.19. The largest absolute Gasteiger partial charge is 0.380 e. The Kier molecular flexibility index (Phi) is 5.62. The van der Waals surface area contributed by atoms with Crippen molar-refractivity contribution in [1.82, 2.24) is 5.32 Å². The fraction of sp³-hybridized carbons (Fsp3) is 1.00. The molecule has 1 N–H and O–H groups in total. The van der Waals surface area contributed by atoms with E-state index in [2.05, 4.69) is 26.1 Å². The van der Waals surface area contributed by atoms with Crippen LogP contribution in [-0.4, -0.2) is 25.3 Å². The third-order valence-corrected chi connectivity index (χ3v) is 3.68. The second-order valence-electron chi connectivity index (χ2n) is 5.09. The van der Waals surface area contributed by atoms with Crippen molar-refractivity contribution in [2.75, 3.05) is 7.11 Å². The molecule has 0 aromatic rings. The minimum Gasteiger partial charge on any atom is -0.380 e. The quantitative estimate of drug-likeness (QED) is 0.758. The van der Waals surface area contributed by atoms with Crippen molar-refractivity contribution in [2.24, 2.45) is 5.92 Å². The lowest BCUT2D eigenvalue weighted by molar-refractivity contribution is 0.0351. The van der Waals surface area contributed by atoms with Gasteiger partial charge in [-0.05, 0) is 25.2 Å². The highest BCUT2D eigenvalue weighted by atomic mass is 16.5. The van der Waals surface area contributed by atoms with Gasteiger partial charge in [-0.15, -0.1) is 0 Å². The van der Waals surface area contributed by atoms with Crippen LogP contribution in [0.1, 0.15) is 52.9 Å². The summed E-state index contributed by atoms with van der Waals surface area (Å²) in [6, 6.07) is 1.22. The van der Waals surface area contributed by atoms with Crippen LogP contribution in [0.2, 0.25) is 0 Å². The third kappa shape index (κ3) is 3.76. The van der Waals surface area contributed by atoms with Crippen LogP contribution >= 0.6 is 0 Å². The van der Waals surface area contributed by atoms with Crippen molar-refractivity contribution >= 4 is 0 Å². The molecule has 0 spiro atoms. The summed E-state index contributed by atoms with van der Waals surface area (Å²) < 4.78 is 5.57. The summed E-state index contributed by atoms with van der Waals surface area (Å²) in [5.74, 6) is 0.717. The minimum absolute atomic E-state index is 0.437. The van der Waals surface area contributed by atoms with Gasteiger partial charge < -0.3 is 10.1 Å². The Morgan fingerprint density at radius 3 is 2.47 bits per heavy atom. The minimum atomic E-state index is 0.437. The van der Waals surface area contributed by atoms with E-state index in [-0.39, 0.29) is 0 Å². The number of hydrogen-bond acceptors (Lipinski definition) is 2. The highest BCUT2D eigenvalue weighted by Crippen LogP contribution is 2.22. The first-order valence-corrected chi connectivity index (χ1v) is 6.47. The van der Waals surface area contributed by atoms with E-state index in [1.165, 1.54) is 32.1 Å². The van der Waals surface area contributed by atoms with Crippen LogP contribution in [0, 0.1) is 5.92 Å². The lowest BCUT2D eigenvalue weighted by atomic mass is 9.90. The van der Waals surface area contributed by atoms with Gasteiger partial charge >= 0.3 is 0 Å². The van der Waals surface area contributed by atoms with Gasteiger partial charge in [0.1, 0.15) is 0 Å². The van der Waals surface area contributed by atoms with Crippen LogP contribution in [0.5, 0.6) is 0 Å². The van der Waals surface area contributed by atoms with Gasteiger partial charge in [-0.2, -0.15) is 0 Å². The maximum Gasteiger partial charge on any atom is 0.0724 e. The topological polar surface area (TPSA) is 21.3 Å². The molecule has 2 heteroatoms. The zero-order valence-electron chi connectivity index (χ0n) is 10.8. The molecule has 2 nitrogen and oxygen atoms in total. The Bertz CT molecular complexity index is 170. The number of hydrogen-bond donors (Lipinski definition) is 1. The number of nitrogens with one attached hydrogen (secondary N) is 1. The zero-order valence-corrected chi connectivity index (χ0v) is 10.8. The molecule has 0 amide bonds. The lowest BCUT2D eigenvalue weighted by Crippen LogP contribution is -2.49. The standard InChI is InChI=1S/C13H27NO/c1-5-11(10(2)3)14-12-8-6-7-9-13(12)15-4/h10-14H,5-9H2,1-4H3. The molecule has 3 unspecified atom stereocenters. The van der Waals surface area contributed by atoms with E-state index in [9.17, 15) is 0 Å². The first-order valence-electron chi connectivity index (χ1n) is 6.47. The Hall–Kier alpha value is -0.0800. The predicted octanol–water partition coefficient (Wildman–Crippen LogP) is 2.97. The average molecular weight is 213 g/mol. The van der Waals surface area contributed by atoms with E-state index < -0.39 is 0 Å². The first kappa shape index (κ1) is 13.0. The molecular formula is C13H27NO. The van der Waals surface area contributed by atoms with Crippen LogP contribution < -0.4 is 5.32 Å². The summed E-state index contributed by atoms with van der Waals surface area (Å²) in [7, 11) is 1.85. The molecular weight excluding hydrogens is 186 g/mol. The van der Waals surface area contributed by atoms with Crippen molar-refractivity contribution in [3.05, 3.63) is 0 Å². The maximum atomic E-state index is 5.57. The summed E-state index contributed by atoms with van der Waals surface area (Å²) in [6.07, 6.45) is 6.84. The number of ether oxygens (including phenoxy) is 1. The molecule has 1 saturated carbocycles. The van der Waals surface area contributed by atoms with Gasteiger partial charge in [0.2, 0.25) is 0 Å². The molecule has 3 atom stereocenters. The van der Waals surface area contributed by atoms with Crippen LogP contribution in [0.15, 0.2) is 0 Å². The highest BCUT2D eigenvalue weighted by molar-refractivity contribution is 4.85. The van der Waals surface area contributed by atoms with Crippen LogP contribution in [-0.2, 0) is 4.74 Å². The molecule has 0 saturated heterocycles. The zero-order chi connectivity index (χ0) is 11.3. The molecule has 0 bridgehead atoms. The fourth-order valence-electron chi connectivity index (χ4n) is 2.63. The molecule has 0 radical (unpaired) electrons. The fourth-order valence-corrected chi connectivity index (χ4v) is 2.63. The summed E-state index contributed by atoms with van der Waals surface area (Å²) in [4.78, 5) is 0. The number of methoxy groups -OCH3 is 1. The average Bonchev–Trinajstić information content (AvgIpc) is 2.25. The van der Waals surface area contributed by atoms with Gasteiger partial charge in [-0.25, -0.2) is 0 Å². The SMILES string of the molecule is CCC(NC1CCCCC1OC)C(C)C. The van der Waals surface area contributed by atoms with Crippen LogP contribution in [0.25, 0.3) is 0 Å². The van der Waals surface area contributed by atoms with Gasteiger partial charge in [0.25, 0.3) is 0 Å². The highest BCUT2D eigenvalue weighted by Gasteiger charge is 2.27. The van der Waals surface area contributed by atoms with E-state index >= 15 is 0 Å². The molecule has 1 fully saturated rings. The van der Waals surface area contributed by atoms with Crippen molar-refractivity contribution < 1.29 is 4.74 Å². The van der Waals surface area contributed by atoms with E-state index in [0.717, 1.165) is 5.92 Å². The van der Waals surface area contributed by atoms with Gasteiger partial charge in [-0.1, -0.05) is 33.6 Å². The van der Waals surface area contributed by atoms with Crippen molar-refractivity contribution in [1.29, 1.82) is 0 Å². The molecule has 15 heavy (non-hydrogen) atoms. The molecule has 90 valence electrons. The third-order valence-electron chi connectivity index (χ3n) is 3.68. The van der Waals surface area contributed by atoms with Gasteiger partial charge in [0.15, 0.2) is 0 Å². The van der Waals surface area contributed by atoms with Crippen LogP contribution in [0.4, 0.5) is 0 Å². The monoisotopic (exact) mass is 213 g/mol. The molecule has 1 aliphatic carbocycles. The van der Waals surface area contributed by atoms with Crippen molar-refractivity contribution in [2.45, 2.75) is 71.1 Å². The van der Waals surface area contributed by atoms with Gasteiger partial charge in [0, 0.05) is 19.2 Å². The smallest absolute Gasteiger partial charge is 0.0724 e. The van der Waals surface area contributed by atoms with E-state index in [0.29, 0.717) is 18.2 Å². The van der Waals surface area contributed by atoms with Gasteiger partial charge in [0.05, 0.1) is 6.10 Å². The van der Waals surface area contributed by atoms with E-state index in [1.807, 2.05) is 7.11 Å². The van der Waals surface area contributed by atoms with Crippen molar-refractivity contribution in [3.8, 4) is 0 Å². The Morgan fingerprint density at radius 2 is 1.93 bits per heavy atom. The molecule has 1 aliphatic rings. The maximum absolute atomic E-state index is 5.57. The Labute approximate surface area is 94.8 Å². The lowest BCUT2D eigenvalue weighted by Gasteiger charge is -2.35. The van der Waals surface area contributed by atoms with E-state index in [4.69, 9.17) is 4.74 Å². The predicted molar refractivity (Wildman–Crippen MR) is 65.1 cm³/mol. The summed E-state index contributed by atoms with van der Waals surface area (Å²) in [5, 5.41) is 3.78. The Morgan fingerprint density at radius 1 is 1.27 bits per heavy atom. The number of rotatable bonds is 5. The summed E-state index contributed by atoms with van der Waals surface area (Å²) in [5.41, 5.74) is 0. The summed E-state index contributed by atoms with van der Waals surface area (Å²) in [6.45, 7) is 6.86. The van der Waals surface area contributed by atoms with Crippen LogP contribution in [0.3, 0.4) is 0 Å². The molecule has 0 heterocycles. The Balaban J connectivity index is 2.46.